The topological polar surface area (TPSA) is 43.4 Å². The summed E-state index contributed by atoms with van der Waals surface area (Å²) in [6.45, 7) is 0. The molecule has 0 amide bonds. The van der Waals surface area contributed by atoms with E-state index in [1.807, 2.05) is 0 Å². The monoisotopic (exact) mass is 278 g/mol. The molecule has 0 radical (unpaired) electrons. The third-order valence-corrected chi connectivity index (χ3v) is 5.97. The minimum absolute atomic E-state index is 0.445. The number of halogens is 1. The summed E-state index contributed by atoms with van der Waals surface area (Å²) in [5, 5.41) is 0. The first kappa shape index (κ1) is 7.85. The van der Waals surface area contributed by atoms with Crippen LogP contribution in [0.3, 0.4) is 0 Å². The molecular weight excluding hydrogens is 271 g/mol. The van der Waals surface area contributed by atoms with E-state index in [2.05, 4.69) is 0 Å². The summed E-state index contributed by atoms with van der Waals surface area (Å²) in [5.74, 6) is -0.445. The SMILES string of the molecule is CI1(=O)OC(=O)c2ccccc21. The van der Waals surface area contributed by atoms with Crippen molar-refractivity contribution in [2.24, 2.45) is 0 Å². The predicted octanol–water partition coefficient (Wildman–Crippen LogP) is 1.96. The Bertz CT molecular complexity index is 397. The molecule has 3 nitrogen and oxygen atoms in total. The van der Waals surface area contributed by atoms with Gasteiger partial charge < -0.3 is 0 Å². The molecule has 4 heteroatoms. The van der Waals surface area contributed by atoms with Crippen molar-refractivity contribution in [3.8, 4) is 0 Å². The molecule has 0 fully saturated rings. The van der Waals surface area contributed by atoms with E-state index in [4.69, 9.17) is 3.07 Å². The van der Waals surface area contributed by atoms with Gasteiger partial charge in [-0.3, -0.25) is 0 Å². The molecule has 1 aromatic rings. The Labute approximate surface area is 74.2 Å². The summed E-state index contributed by atoms with van der Waals surface area (Å²) in [5.41, 5.74) is 0.464. The second-order valence-corrected chi connectivity index (χ2v) is 8.24. The second kappa shape index (κ2) is 2.35. The van der Waals surface area contributed by atoms with Crippen LogP contribution in [0.1, 0.15) is 10.4 Å². The molecule has 1 aromatic carbocycles. The number of alkyl halides is 1. The first-order valence-electron chi connectivity index (χ1n) is 3.36. The normalized spacial score (nSPS) is 31.9. The number of hydrogen-bond donors (Lipinski definition) is 0. The van der Waals surface area contributed by atoms with Crippen molar-refractivity contribution in [3.05, 3.63) is 33.4 Å². The van der Waals surface area contributed by atoms with Crippen LogP contribution >= 0.6 is 18.8 Å². The summed E-state index contributed by atoms with van der Waals surface area (Å²) in [7, 11) is 0. The van der Waals surface area contributed by atoms with Crippen LogP contribution in [0.4, 0.5) is 0 Å². The van der Waals surface area contributed by atoms with E-state index < -0.39 is 24.8 Å². The minimum atomic E-state index is -3.54. The quantitative estimate of drug-likeness (QED) is 0.538. The first-order chi connectivity index (χ1) is 5.61. The molecule has 64 valence electrons. The summed E-state index contributed by atoms with van der Waals surface area (Å²) in [4.78, 5) is 12.6. The van der Waals surface area contributed by atoms with Crippen molar-refractivity contribution in [2.45, 2.75) is 0 Å². The Morgan fingerprint density at radius 1 is 1.33 bits per heavy atom. The summed E-state index contributed by atoms with van der Waals surface area (Å²) in [6, 6.07) is 6.84. The number of benzene rings is 1. The number of carbonyl (C=O) groups excluding carboxylic acids is 1. The van der Waals surface area contributed by atoms with Crippen molar-refractivity contribution in [1.29, 1.82) is 0 Å². The zero-order chi connectivity index (χ0) is 8.77. The van der Waals surface area contributed by atoms with Gasteiger partial charge in [-0.1, -0.05) is 0 Å². The fourth-order valence-electron chi connectivity index (χ4n) is 1.14. The van der Waals surface area contributed by atoms with Gasteiger partial charge in [0, 0.05) is 0 Å². The van der Waals surface area contributed by atoms with Crippen molar-refractivity contribution in [1.82, 2.24) is 0 Å². The van der Waals surface area contributed by atoms with Crippen molar-refractivity contribution < 1.29 is 10.9 Å². The molecule has 1 aliphatic rings. The van der Waals surface area contributed by atoms with Gasteiger partial charge in [-0.15, -0.1) is 0 Å². The molecule has 12 heavy (non-hydrogen) atoms. The third-order valence-electron chi connectivity index (χ3n) is 1.68. The van der Waals surface area contributed by atoms with Crippen LogP contribution in [0, 0.1) is 3.57 Å². The summed E-state index contributed by atoms with van der Waals surface area (Å²) < 4.78 is 17.1. The van der Waals surface area contributed by atoms with Crippen LogP contribution in [-0.4, -0.2) is 10.9 Å². The van der Waals surface area contributed by atoms with Crippen LogP contribution in [-0.2, 0) is 6.14 Å². The molecule has 0 aromatic heterocycles. The van der Waals surface area contributed by atoms with Crippen LogP contribution < -0.4 is 0 Å². The van der Waals surface area contributed by atoms with Gasteiger partial charge in [0.15, 0.2) is 0 Å². The Balaban J connectivity index is 2.74. The van der Waals surface area contributed by atoms with E-state index >= 15 is 0 Å². The van der Waals surface area contributed by atoms with E-state index in [0.29, 0.717) is 9.13 Å². The van der Waals surface area contributed by atoms with Gasteiger partial charge in [0.25, 0.3) is 0 Å². The van der Waals surface area contributed by atoms with Gasteiger partial charge in [-0.25, -0.2) is 0 Å². The molecular formula is C8H7IO3. The van der Waals surface area contributed by atoms with Crippen LogP contribution in [0.25, 0.3) is 0 Å². The van der Waals surface area contributed by atoms with E-state index in [1.54, 1.807) is 24.3 Å². The molecule has 0 saturated heterocycles. The van der Waals surface area contributed by atoms with Crippen LogP contribution in [0.15, 0.2) is 24.3 Å². The Hall–Kier alpha value is -0.780. The van der Waals surface area contributed by atoms with Crippen LogP contribution in [0.5, 0.6) is 0 Å². The molecule has 0 saturated carbocycles. The molecule has 0 N–H and O–H groups in total. The van der Waals surface area contributed by atoms with Gasteiger partial charge in [0.05, 0.1) is 0 Å². The van der Waals surface area contributed by atoms with Gasteiger partial charge in [0.2, 0.25) is 0 Å². The molecule has 2 rings (SSSR count). The molecule has 1 unspecified atom stereocenters. The molecule has 1 aliphatic heterocycles. The molecule has 0 aliphatic carbocycles. The molecule has 0 spiro atoms. The fourth-order valence-corrected chi connectivity index (χ4v) is 4.70. The zero-order valence-corrected chi connectivity index (χ0v) is 8.57. The molecule has 1 atom stereocenters. The number of rotatable bonds is 0. The van der Waals surface area contributed by atoms with E-state index in [9.17, 15) is 7.86 Å². The fraction of sp³-hybridized carbons (Fsp3) is 0.125. The zero-order valence-electron chi connectivity index (χ0n) is 6.41. The standard InChI is InChI=1S/C8H7IO3/c1-9(11)7-5-3-2-4-6(7)8(10)12-9/h2-5H,1H3. The maximum absolute atomic E-state index is 11.7. The van der Waals surface area contributed by atoms with E-state index in [0.717, 1.165) is 0 Å². The number of carbonyl (C=O) groups is 1. The number of fused-ring (bicyclic) bond motifs is 1. The number of hydrogen-bond acceptors (Lipinski definition) is 3. The van der Waals surface area contributed by atoms with Crippen molar-refractivity contribution >= 4 is 24.8 Å². The summed E-state index contributed by atoms with van der Waals surface area (Å²) >= 11 is -3.54. The van der Waals surface area contributed by atoms with Gasteiger partial charge >= 0.3 is 74.1 Å². The maximum atomic E-state index is 11.7. The van der Waals surface area contributed by atoms with Crippen molar-refractivity contribution in [3.63, 3.8) is 0 Å². The first-order valence-corrected chi connectivity index (χ1v) is 8.36. The second-order valence-electron chi connectivity index (χ2n) is 2.56. The Kier molecular flexibility index (Phi) is 1.54. The third kappa shape index (κ3) is 0.979. The average molecular weight is 278 g/mol. The Morgan fingerprint density at radius 2 is 2.00 bits per heavy atom. The predicted molar refractivity (Wildman–Crippen MR) is 51.2 cm³/mol. The van der Waals surface area contributed by atoms with Gasteiger partial charge in [-0.2, -0.15) is 0 Å². The van der Waals surface area contributed by atoms with Gasteiger partial charge in [-0.05, 0) is 0 Å². The molecule has 1 heterocycles. The molecule has 0 bridgehead atoms. The average Bonchev–Trinajstić information content (AvgIpc) is 2.25. The van der Waals surface area contributed by atoms with Crippen LogP contribution in [0.2, 0.25) is 0 Å². The van der Waals surface area contributed by atoms with E-state index in [1.165, 1.54) is 4.93 Å². The van der Waals surface area contributed by atoms with Crippen molar-refractivity contribution in [2.75, 3.05) is 4.93 Å². The van der Waals surface area contributed by atoms with E-state index in [-0.39, 0.29) is 0 Å². The van der Waals surface area contributed by atoms with Gasteiger partial charge in [0.1, 0.15) is 0 Å². The Morgan fingerprint density at radius 3 is 2.67 bits per heavy atom. The summed E-state index contributed by atoms with van der Waals surface area (Å²) in [6.07, 6.45) is 0.